The maximum Gasteiger partial charge on any atom is 0.269 e. The summed E-state index contributed by atoms with van der Waals surface area (Å²) in [5, 5.41) is 0.807. The molecule has 0 bridgehead atoms. The van der Waals surface area contributed by atoms with Crippen LogP contribution in [0.15, 0.2) is 18.2 Å². The molecule has 3 rings (SSSR count). The lowest BCUT2D eigenvalue weighted by molar-refractivity contribution is 0.0998. The van der Waals surface area contributed by atoms with Gasteiger partial charge in [0.2, 0.25) is 0 Å². The van der Waals surface area contributed by atoms with E-state index >= 15 is 0 Å². The topological polar surface area (TPSA) is 65.2 Å². The lowest BCUT2D eigenvalue weighted by Gasteiger charge is -2.04. The summed E-state index contributed by atoms with van der Waals surface area (Å²) in [6, 6.07) is 5.63. The molecule has 17 heavy (non-hydrogen) atoms. The summed E-state index contributed by atoms with van der Waals surface area (Å²) >= 11 is 1.28. The molecule has 0 radical (unpaired) electrons. The molecule has 1 aliphatic rings. The highest BCUT2D eigenvalue weighted by atomic mass is 32.1. The van der Waals surface area contributed by atoms with Gasteiger partial charge in [-0.2, -0.15) is 4.37 Å². The van der Waals surface area contributed by atoms with E-state index in [1.54, 1.807) is 0 Å². The number of carbonyl (C=O) groups is 1. The number of rotatable bonds is 4. The molecule has 2 N–H and O–H groups in total. The lowest BCUT2D eigenvalue weighted by atomic mass is 10.2. The van der Waals surface area contributed by atoms with Crippen molar-refractivity contribution in [3.63, 3.8) is 0 Å². The van der Waals surface area contributed by atoms with E-state index in [0.29, 0.717) is 5.69 Å². The van der Waals surface area contributed by atoms with Gasteiger partial charge in [0.1, 0.15) is 11.4 Å². The van der Waals surface area contributed by atoms with Crippen LogP contribution in [-0.4, -0.2) is 16.9 Å². The molecule has 0 saturated heterocycles. The lowest BCUT2D eigenvalue weighted by Crippen LogP contribution is -2.11. The van der Waals surface area contributed by atoms with Gasteiger partial charge >= 0.3 is 0 Å². The molecule has 5 heteroatoms. The maximum absolute atomic E-state index is 11.1. The Bertz CT molecular complexity index is 575. The van der Waals surface area contributed by atoms with E-state index in [0.717, 1.165) is 28.4 Å². The van der Waals surface area contributed by atoms with Gasteiger partial charge in [-0.25, -0.2) is 0 Å². The molecule has 1 aliphatic carbocycles. The van der Waals surface area contributed by atoms with Crippen LogP contribution in [0.2, 0.25) is 0 Å². The van der Waals surface area contributed by atoms with E-state index < -0.39 is 5.91 Å². The number of primary amides is 1. The van der Waals surface area contributed by atoms with E-state index in [-0.39, 0.29) is 0 Å². The molecular formula is C12H12N2O2S. The first kappa shape index (κ1) is 10.5. The predicted molar refractivity (Wildman–Crippen MR) is 66.4 cm³/mol. The number of carbonyl (C=O) groups excluding carboxylic acids is 1. The summed E-state index contributed by atoms with van der Waals surface area (Å²) < 4.78 is 10.7. The summed E-state index contributed by atoms with van der Waals surface area (Å²) in [7, 11) is 0. The number of aromatic nitrogens is 1. The zero-order valence-electron chi connectivity index (χ0n) is 9.18. The summed E-state index contributed by atoms with van der Waals surface area (Å²) in [6.07, 6.45) is 2.54. The second kappa shape index (κ2) is 4.00. The molecule has 0 unspecified atom stereocenters. The van der Waals surface area contributed by atoms with Crippen molar-refractivity contribution in [1.82, 2.24) is 4.37 Å². The predicted octanol–water partition coefficient (Wildman–Crippen LogP) is 2.18. The Balaban J connectivity index is 1.88. The third-order valence-corrected chi connectivity index (χ3v) is 3.67. The van der Waals surface area contributed by atoms with Crippen molar-refractivity contribution < 1.29 is 9.53 Å². The van der Waals surface area contributed by atoms with Crippen LogP contribution in [0.5, 0.6) is 5.75 Å². The number of ether oxygens (including phenoxy) is 1. The molecule has 1 amide bonds. The number of benzene rings is 1. The summed E-state index contributed by atoms with van der Waals surface area (Å²) in [5.74, 6) is 1.08. The van der Waals surface area contributed by atoms with Crippen LogP contribution in [-0.2, 0) is 0 Å². The number of hydrogen-bond donors (Lipinski definition) is 1. The van der Waals surface area contributed by atoms with Crippen LogP contribution in [0.1, 0.15) is 23.3 Å². The minimum Gasteiger partial charge on any atom is -0.493 e. The van der Waals surface area contributed by atoms with Crippen molar-refractivity contribution in [3.05, 3.63) is 23.9 Å². The van der Waals surface area contributed by atoms with Gasteiger partial charge in [-0.1, -0.05) is 0 Å². The quantitative estimate of drug-likeness (QED) is 0.901. The first-order valence-corrected chi connectivity index (χ1v) is 6.33. The van der Waals surface area contributed by atoms with E-state index in [1.807, 2.05) is 18.2 Å². The van der Waals surface area contributed by atoms with Crippen LogP contribution < -0.4 is 10.5 Å². The van der Waals surface area contributed by atoms with Crippen LogP contribution in [0.3, 0.4) is 0 Å². The number of fused-ring (bicyclic) bond motifs is 1. The number of nitrogens with zero attached hydrogens (tertiary/aromatic N) is 1. The molecule has 4 nitrogen and oxygen atoms in total. The first-order chi connectivity index (χ1) is 8.24. The van der Waals surface area contributed by atoms with Gasteiger partial charge in [-0.3, -0.25) is 4.79 Å². The van der Waals surface area contributed by atoms with Crippen LogP contribution in [0.4, 0.5) is 0 Å². The summed E-state index contributed by atoms with van der Waals surface area (Å²) in [6.45, 7) is 0.785. The smallest absolute Gasteiger partial charge is 0.269 e. The Kier molecular flexibility index (Phi) is 2.48. The average Bonchev–Trinajstić information content (AvgIpc) is 3.04. The zero-order valence-corrected chi connectivity index (χ0v) is 10.00. The van der Waals surface area contributed by atoms with Crippen molar-refractivity contribution in [3.8, 4) is 5.75 Å². The minimum absolute atomic E-state index is 0.346. The Morgan fingerprint density at radius 3 is 3.06 bits per heavy atom. The molecule has 1 saturated carbocycles. The fourth-order valence-electron chi connectivity index (χ4n) is 1.68. The zero-order chi connectivity index (χ0) is 11.8. The molecule has 0 atom stereocenters. The van der Waals surface area contributed by atoms with Crippen molar-refractivity contribution in [2.24, 2.45) is 11.7 Å². The molecule has 1 heterocycles. The molecule has 2 aromatic rings. The van der Waals surface area contributed by atoms with Crippen LogP contribution in [0, 0.1) is 5.92 Å². The van der Waals surface area contributed by atoms with Crippen molar-refractivity contribution in [2.75, 3.05) is 6.61 Å². The summed E-state index contributed by atoms with van der Waals surface area (Å²) in [5.41, 5.74) is 5.59. The van der Waals surface area contributed by atoms with Crippen molar-refractivity contribution in [2.45, 2.75) is 12.8 Å². The van der Waals surface area contributed by atoms with E-state index in [2.05, 4.69) is 4.37 Å². The van der Waals surface area contributed by atoms with Gasteiger partial charge in [0.05, 0.1) is 11.3 Å². The standard InChI is InChI=1S/C12H12N2O2S/c13-12(15)11-9-4-3-8(5-10(9)17-14-11)16-6-7-1-2-7/h3-5,7H,1-2,6H2,(H2,13,15). The van der Waals surface area contributed by atoms with E-state index in [1.165, 1.54) is 24.4 Å². The Labute approximate surface area is 103 Å². The largest absolute Gasteiger partial charge is 0.493 e. The second-order valence-electron chi connectivity index (χ2n) is 4.31. The second-order valence-corrected chi connectivity index (χ2v) is 5.11. The molecule has 88 valence electrons. The van der Waals surface area contributed by atoms with E-state index in [4.69, 9.17) is 10.5 Å². The normalized spacial score (nSPS) is 15.1. The van der Waals surface area contributed by atoms with Gasteiger partial charge < -0.3 is 10.5 Å². The third kappa shape index (κ3) is 2.10. The highest BCUT2D eigenvalue weighted by Crippen LogP contribution is 2.31. The Morgan fingerprint density at radius 1 is 1.53 bits per heavy atom. The number of amides is 1. The summed E-state index contributed by atoms with van der Waals surface area (Å²) in [4.78, 5) is 11.1. The Morgan fingerprint density at radius 2 is 2.35 bits per heavy atom. The molecular weight excluding hydrogens is 236 g/mol. The number of hydrogen-bond acceptors (Lipinski definition) is 4. The van der Waals surface area contributed by atoms with Gasteiger partial charge in [0.15, 0.2) is 0 Å². The molecule has 0 spiro atoms. The van der Waals surface area contributed by atoms with Gasteiger partial charge in [-0.15, -0.1) is 0 Å². The fourth-order valence-corrected chi connectivity index (χ4v) is 2.49. The molecule has 1 aromatic heterocycles. The van der Waals surface area contributed by atoms with Crippen LogP contribution >= 0.6 is 11.5 Å². The highest BCUT2D eigenvalue weighted by molar-refractivity contribution is 7.13. The van der Waals surface area contributed by atoms with Crippen LogP contribution in [0.25, 0.3) is 10.1 Å². The highest BCUT2D eigenvalue weighted by Gasteiger charge is 2.22. The third-order valence-electron chi connectivity index (χ3n) is 2.86. The van der Waals surface area contributed by atoms with Gasteiger partial charge in [-0.05, 0) is 48.5 Å². The van der Waals surface area contributed by atoms with E-state index in [9.17, 15) is 4.79 Å². The Hall–Kier alpha value is -1.62. The fraction of sp³-hybridized carbons (Fsp3) is 0.333. The van der Waals surface area contributed by atoms with Crippen molar-refractivity contribution >= 4 is 27.5 Å². The van der Waals surface area contributed by atoms with Crippen molar-refractivity contribution in [1.29, 1.82) is 0 Å². The first-order valence-electron chi connectivity index (χ1n) is 5.56. The minimum atomic E-state index is -0.483. The molecule has 0 aliphatic heterocycles. The molecule has 1 fully saturated rings. The van der Waals surface area contributed by atoms with Gasteiger partial charge in [0, 0.05) is 5.39 Å². The maximum atomic E-state index is 11.1. The average molecular weight is 248 g/mol. The SMILES string of the molecule is NC(=O)c1nsc2cc(OCC3CC3)ccc12. The monoisotopic (exact) mass is 248 g/mol. The van der Waals surface area contributed by atoms with Gasteiger partial charge in [0.25, 0.3) is 5.91 Å². The molecule has 1 aromatic carbocycles. The number of nitrogens with two attached hydrogens (primary N) is 1.